The highest BCUT2D eigenvalue weighted by molar-refractivity contribution is 7.91. The summed E-state index contributed by atoms with van der Waals surface area (Å²) in [7, 11) is -3.96. The quantitative estimate of drug-likeness (QED) is 0.601. The number of sulfonamides is 1. The zero-order valence-corrected chi connectivity index (χ0v) is 13.4. The molecule has 2 aromatic heterocycles. The van der Waals surface area contributed by atoms with Gasteiger partial charge in [-0.1, -0.05) is 11.6 Å². The van der Waals surface area contributed by atoms with E-state index in [0.29, 0.717) is 16.9 Å². The van der Waals surface area contributed by atoms with Crippen LogP contribution in [-0.2, 0) is 10.0 Å². The molecule has 0 aromatic carbocycles. The van der Waals surface area contributed by atoms with Gasteiger partial charge in [0.05, 0.1) is 11.0 Å². The molecule has 7 nitrogen and oxygen atoms in total. The average molecular weight is 369 g/mol. The molecule has 0 aliphatic heterocycles. The summed E-state index contributed by atoms with van der Waals surface area (Å²) < 4.78 is 25.7. The van der Waals surface area contributed by atoms with E-state index in [-0.39, 0.29) is 15.1 Å². The zero-order valence-electron chi connectivity index (χ0n) is 10.2. The first-order valence-electron chi connectivity index (χ1n) is 5.45. The van der Waals surface area contributed by atoms with Crippen LogP contribution >= 0.6 is 34.3 Å². The number of hydrogen-bond donors (Lipinski definition) is 2. The second-order valence-electron chi connectivity index (χ2n) is 3.91. The Hall–Kier alpha value is -1.04. The van der Waals surface area contributed by atoms with E-state index in [9.17, 15) is 23.6 Å². The van der Waals surface area contributed by atoms with Gasteiger partial charge in [0.1, 0.15) is 4.21 Å². The fourth-order valence-electron chi connectivity index (χ4n) is 1.44. The first-order valence-corrected chi connectivity index (χ1v) is 9.07. The topological polar surface area (TPSA) is 110 Å². The third kappa shape index (κ3) is 3.78. The number of nitrogens with one attached hydrogen (secondary N) is 1. The molecular formula is C10H9ClN2O5S3. The van der Waals surface area contributed by atoms with E-state index in [1.54, 1.807) is 16.8 Å². The lowest BCUT2D eigenvalue weighted by Gasteiger charge is -2.09. The van der Waals surface area contributed by atoms with Crippen LogP contribution in [0, 0.1) is 10.1 Å². The van der Waals surface area contributed by atoms with E-state index < -0.39 is 26.7 Å². The molecule has 0 saturated carbocycles. The maximum Gasteiger partial charge on any atom is 0.300 e. The molecule has 0 saturated heterocycles. The molecule has 2 heterocycles. The SMILES string of the molecule is O=[N+]([O-])c1cc(S(=O)(=O)NCC(O)c2ccsc2)sc1Cl. The van der Waals surface area contributed by atoms with Gasteiger partial charge in [-0.2, -0.15) is 11.3 Å². The minimum absolute atomic E-state index is 0.209. The predicted molar refractivity (Wildman–Crippen MR) is 80.5 cm³/mol. The van der Waals surface area contributed by atoms with Gasteiger partial charge >= 0.3 is 0 Å². The molecule has 11 heteroatoms. The molecule has 2 rings (SSSR count). The summed E-state index contributed by atoms with van der Waals surface area (Å²) >= 11 is 7.60. The molecule has 0 spiro atoms. The highest BCUT2D eigenvalue weighted by Crippen LogP contribution is 2.36. The fourth-order valence-corrected chi connectivity index (χ4v) is 4.89. The van der Waals surface area contributed by atoms with Crippen molar-refractivity contribution in [2.45, 2.75) is 10.3 Å². The van der Waals surface area contributed by atoms with Crippen LogP contribution in [0.5, 0.6) is 0 Å². The van der Waals surface area contributed by atoms with Gasteiger partial charge in [0.25, 0.3) is 5.69 Å². The Balaban J connectivity index is 2.12. The molecule has 2 aromatic rings. The van der Waals surface area contributed by atoms with E-state index in [2.05, 4.69) is 4.72 Å². The molecule has 1 unspecified atom stereocenters. The second-order valence-corrected chi connectivity index (χ2v) is 8.33. The zero-order chi connectivity index (χ0) is 15.6. The molecular weight excluding hydrogens is 360 g/mol. The number of nitrogens with zero attached hydrogens (tertiary/aromatic N) is 1. The summed E-state index contributed by atoms with van der Waals surface area (Å²) in [5, 5.41) is 23.9. The molecule has 0 amide bonds. The Morgan fingerprint density at radius 3 is 2.76 bits per heavy atom. The summed E-state index contributed by atoms with van der Waals surface area (Å²) in [6.45, 7) is -0.234. The van der Waals surface area contributed by atoms with Gasteiger partial charge in [-0.3, -0.25) is 10.1 Å². The van der Waals surface area contributed by atoms with Crippen molar-refractivity contribution in [2.75, 3.05) is 6.54 Å². The van der Waals surface area contributed by atoms with Crippen molar-refractivity contribution in [3.63, 3.8) is 0 Å². The van der Waals surface area contributed by atoms with E-state index >= 15 is 0 Å². The third-order valence-corrected chi connectivity index (χ3v) is 6.44. The van der Waals surface area contributed by atoms with Gasteiger partial charge in [0, 0.05) is 12.6 Å². The van der Waals surface area contributed by atoms with Crippen LogP contribution in [0.2, 0.25) is 4.34 Å². The van der Waals surface area contributed by atoms with Crippen LogP contribution in [0.1, 0.15) is 11.7 Å². The fraction of sp³-hybridized carbons (Fsp3) is 0.200. The highest BCUT2D eigenvalue weighted by atomic mass is 35.5. The van der Waals surface area contributed by atoms with Crippen LogP contribution in [-0.4, -0.2) is 25.0 Å². The van der Waals surface area contributed by atoms with Crippen molar-refractivity contribution in [3.8, 4) is 0 Å². The van der Waals surface area contributed by atoms with Crippen LogP contribution in [0.4, 0.5) is 5.69 Å². The summed E-state index contributed by atoms with van der Waals surface area (Å²) in [4.78, 5) is 9.91. The third-order valence-electron chi connectivity index (χ3n) is 2.50. The maximum atomic E-state index is 12.0. The summed E-state index contributed by atoms with van der Waals surface area (Å²) in [5.74, 6) is 0. The van der Waals surface area contributed by atoms with Crippen molar-refractivity contribution < 1.29 is 18.4 Å². The summed E-state index contributed by atoms with van der Waals surface area (Å²) in [5.41, 5.74) is 0.137. The number of nitro groups is 1. The Kier molecular flexibility index (Phi) is 4.96. The first kappa shape index (κ1) is 16.3. The summed E-state index contributed by atoms with van der Waals surface area (Å²) in [6.07, 6.45) is -0.989. The molecule has 114 valence electrons. The number of halogens is 1. The van der Waals surface area contributed by atoms with E-state index in [0.717, 1.165) is 6.07 Å². The maximum absolute atomic E-state index is 12.0. The lowest BCUT2D eigenvalue weighted by molar-refractivity contribution is -0.384. The first-order chi connectivity index (χ1) is 9.81. The normalized spacial score (nSPS) is 13.2. The number of rotatable bonds is 6. The van der Waals surface area contributed by atoms with Crippen molar-refractivity contribution in [2.24, 2.45) is 0 Å². The van der Waals surface area contributed by atoms with Gasteiger partial charge in [0.15, 0.2) is 4.34 Å². The molecule has 0 aliphatic carbocycles. The van der Waals surface area contributed by atoms with Crippen molar-refractivity contribution in [1.82, 2.24) is 4.72 Å². The molecule has 0 fully saturated rings. The second kappa shape index (κ2) is 6.38. The molecule has 21 heavy (non-hydrogen) atoms. The molecule has 0 aliphatic rings. The number of hydrogen-bond acceptors (Lipinski definition) is 7. The van der Waals surface area contributed by atoms with Gasteiger partial charge < -0.3 is 5.11 Å². The van der Waals surface area contributed by atoms with Crippen LogP contribution in [0.25, 0.3) is 0 Å². The van der Waals surface area contributed by atoms with Crippen molar-refractivity contribution in [1.29, 1.82) is 0 Å². The largest absolute Gasteiger partial charge is 0.387 e. The monoisotopic (exact) mass is 368 g/mol. The standard InChI is InChI=1S/C10H9ClN2O5S3/c11-10-7(13(15)16)3-9(20-10)21(17,18)12-4-8(14)6-1-2-19-5-6/h1-3,5,8,12,14H,4H2. The lowest BCUT2D eigenvalue weighted by atomic mass is 10.2. The van der Waals surface area contributed by atoms with Crippen LogP contribution < -0.4 is 4.72 Å². The van der Waals surface area contributed by atoms with Crippen LogP contribution in [0.15, 0.2) is 27.1 Å². The lowest BCUT2D eigenvalue weighted by Crippen LogP contribution is -2.27. The Morgan fingerprint density at radius 2 is 2.24 bits per heavy atom. The minimum atomic E-state index is -3.96. The summed E-state index contributed by atoms with van der Waals surface area (Å²) in [6, 6.07) is 2.57. The molecule has 1 atom stereocenters. The van der Waals surface area contributed by atoms with Crippen molar-refractivity contribution in [3.05, 3.63) is 42.9 Å². The van der Waals surface area contributed by atoms with Crippen LogP contribution in [0.3, 0.4) is 0 Å². The number of aliphatic hydroxyl groups is 1. The Bertz CT molecular complexity index is 741. The molecule has 2 N–H and O–H groups in total. The predicted octanol–water partition coefficient (Wildman–Crippen LogP) is 2.38. The minimum Gasteiger partial charge on any atom is -0.387 e. The number of aliphatic hydroxyl groups excluding tert-OH is 1. The van der Waals surface area contributed by atoms with Crippen molar-refractivity contribution >= 4 is 50.0 Å². The van der Waals surface area contributed by atoms with Gasteiger partial charge in [0.2, 0.25) is 10.0 Å². The van der Waals surface area contributed by atoms with E-state index in [1.165, 1.54) is 11.3 Å². The van der Waals surface area contributed by atoms with E-state index in [1.807, 2.05) is 0 Å². The van der Waals surface area contributed by atoms with Gasteiger partial charge in [-0.25, -0.2) is 13.1 Å². The van der Waals surface area contributed by atoms with Gasteiger partial charge in [-0.15, -0.1) is 11.3 Å². The highest BCUT2D eigenvalue weighted by Gasteiger charge is 2.25. The molecule has 0 bridgehead atoms. The molecule has 0 radical (unpaired) electrons. The smallest absolute Gasteiger partial charge is 0.300 e. The number of thiophene rings is 2. The van der Waals surface area contributed by atoms with Gasteiger partial charge in [-0.05, 0) is 22.4 Å². The van der Waals surface area contributed by atoms with E-state index in [4.69, 9.17) is 11.6 Å². The Labute approximate surface area is 133 Å². The Morgan fingerprint density at radius 1 is 1.52 bits per heavy atom. The average Bonchev–Trinajstić information content (AvgIpc) is 3.05.